The Labute approximate surface area is 204 Å². The molecule has 3 rings (SSSR count). The van der Waals surface area contributed by atoms with Gasteiger partial charge in [0.25, 0.3) is 0 Å². The van der Waals surface area contributed by atoms with Crippen molar-refractivity contribution < 1.29 is 19.2 Å². The summed E-state index contributed by atoms with van der Waals surface area (Å²) in [5, 5.41) is 3.57. The Morgan fingerprint density at radius 2 is 1.67 bits per heavy atom. The third kappa shape index (κ3) is 5.76. The van der Waals surface area contributed by atoms with E-state index in [0.29, 0.717) is 28.5 Å². The van der Waals surface area contributed by atoms with Gasteiger partial charge in [-0.25, -0.2) is 0 Å². The molecule has 0 spiro atoms. The Hall–Kier alpha value is -2.38. The number of fused-ring (bicyclic) bond motifs is 1. The first-order chi connectivity index (χ1) is 15.6. The van der Waals surface area contributed by atoms with Gasteiger partial charge in [-0.05, 0) is 51.3 Å². The molecule has 1 fully saturated rings. The van der Waals surface area contributed by atoms with E-state index in [1.54, 1.807) is 25.1 Å². The number of amides is 4. The molecule has 1 aromatic carbocycles. The van der Waals surface area contributed by atoms with Gasteiger partial charge < -0.3 is 10.2 Å². The third-order valence-electron chi connectivity index (χ3n) is 6.08. The Morgan fingerprint density at radius 3 is 2.21 bits per heavy atom. The maximum absolute atomic E-state index is 13.2. The maximum atomic E-state index is 13.2. The molecule has 4 amide bonds. The first-order valence-corrected chi connectivity index (χ1v) is 11.9. The number of carbonyl (C=O) groups excluding carboxylic acids is 4. The van der Waals surface area contributed by atoms with E-state index >= 15 is 0 Å². The number of likely N-dealkylation sites (tertiary alicyclic amines) is 1. The van der Waals surface area contributed by atoms with Crippen molar-refractivity contribution in [3.05, 3.63) is 46.0 Å². The summed E-state index contributed by atoms with van der Waals surface area (Å²) < 4.78 is 0. The standard InChI is InChI=1S/C24H29Cl2N3O4/c1-14(2)27-22(31)15(3)29(13-16-8-9-19(25)20(26)12-16)21(30)10-11-28-23(32)17-6-4-5-7-18(17)24(28)33/h4-5,8-9,12,14-15,17-18H,6-7,10-11,13H2,1-3H3,(H,27,31)/t15-,17-,18+/m0/s1. The minimum absolute atomic E-state index is 0.000106. The molecule has 1 heterocycles. The number of halogens is 2. The highest BCUT2D eigenvalue weighted by molar-refractivity contribution is 6.42. The molecule has 0 saturated carbocycles. The molecular formula is C24H29Cl2N3O4. The van der Waals surface area contributed by atoms with E-state index in [9.17, 15) is 19.2 Å². The van der Waals surface area contributed by atoms with Crippen LogP contribution in [0.5, 0.6) is 0 Å². The molecule has 1 aliphatic carbocycles. The lowest BCUT2D eigenvalue weighted by atomic mass is 9.85. The van der Waals surface area contributed by atoms with E-state index in [0.717, 1.165) is 0 Å². The summed E-state index contributed by atoms with van der Waals surface area (Å²) in [5.74, 6) is -1.72. The lowest BCUT2D eigenvalue weighted by Gasteiger charge is -2.30. The molecule has 1 aromatic rings. The molecule has 9 heteroatoms. The third-order valence-corrected chi connectivity index (χ3v) is 6.82. The minimum atomic E-state index is -0.758. The number of nitrogens with one attached hydrogen (secondary N) is 1. The molecule has 0 unspecified atom stereocenters. The van der Waals surface area contributed by atoms with Crippen molar-refractivity contribution in [2.75, 3.05) is 6.54 Å². The van der Waals surface area contributed by atoms with E-state index in [1.807, 2.05) is 26.0 Å². The van der Waals surface area contributed by atoms with Crippen LogP contribution in [0.2, 0.25) is 10.0 Å². The van der Waals surface area contributed by atoms with Crippen LogP contribution in [-0.2, 0) is 25.7 Å². The number of hydrogen-bond donors (Lipinski definition) is 1. The van der Waals surface area contributed by atoms with Gasteiger partial charge in [-0.15, -0.1) is 0 Å². The molecule has 1 N–H and O–H groups in total. The van der Waals surface area contributed by atoms with Crippen molar-refractivity contribution in [3.63, 3.8) is 0 Å². The Bertz CT molecular complexity index is 952. The maximum Gasteiger partial charge on any atom is 0.242 e. The van der Waals surface area contributed by atoms with E-state index in [2.05, 4.69) is 5.32 Å². The number of allylic oxidation sites excluding steroid dienone is 2. The van der Waals surface area contributed by atoms with Crippen LogP contribution in [0.1, 0.15) is 45.6 Å². The SMILES string of the molecule is CC(C)NC(=O)[C@H](C)N(Cc1ccc(Cl)c(Cl)c1)C(=O)CCN1C(=O)[C@H]2CC=CC[C@H]2C1=O. The Kier molecular flexibility index (Phi) is 8.19. The summed E-state index contributed by atoms with van der Waals surface area (Å²) >= 11 is 12.1. The van der Waals surface area contributed by atoms with Gasteiger partial charge >= 0.3 is 0 Å². The molecule has 1 saturated heterocycles. The molecule has 2 aliphatic rings. The summed E-state index contributed by atoms with van der Waals surface area (Å²) in [6.45, 7) is 5.47. The number of benzene rings is 1. The molecule has 0 aromatic heterocycles. The van der Waals surface area contributed by atoms with Gasteiger partial charge in [0.15, 0.2) is 0 Å². The summed E-state index contributed by atoms with van der Waals surface area (Å²) in [4.78, 5) is 54.0. The second-order valence-corrected chi connectivity index (χ2v) is 9.66. The fourth-order valence-corrected chi connectivity index (χ4v) is 4.58. The van der Waals surface area contributed by atoms with E-state index in [-0.39, 0.29) is 61.0 Å². The van der Waals surface area contributed by atoms with Crippen molar-refractivity contribution in [2.24, 2.45) is 11.8 Å². The molecule has 178 valence electrons. The lowest BCUT2D eigenvalue weighted by Crippen LogP contribution is -2.49. The molecular weight excluding hydrogens is 465 g/mol. The van der Waals surface area contributed by atoms with Crippen LogP contribution in [0, 0.1) is 11.8 Å². The largest absolute Gasteiger partial charge is 0.352 e. The van der Waals surface area contributed by atoms with Crippen LogP contribution in [0.25, 0.3) is 0 Å². The number of imide groups is 1. The van der Waals surface area contributed by atoms with E-state index < -0.39 is 6.04 Å². The highest BCUT2D eigenvalue weighted by atomic mass is 35.5. The van der Waals surface area contributed by atoms with Crippen molar-refractivity contribution in [1.82, 2.24) is 15.1 Å². The van der Waals surface area contributed by atoms with Crippen molar-refractivity contribution in [2.45, 2.75) is 58.7 Å². The predicted molar refractivity (Wildman–Crippen MR) is 126 cm³/mol. The second kappa shape index (κ2) is 10.7. The molecule has 33 heavy (non-hydrogen) atoms. The zero-order valence-corrected chi connectivity index (χ0v) is 20.5. The smallest absolute Gasteiger partial charge is 0.242 e. The first-order valence-electron chi connectivity index (χ1n) is 11.1. The minimum Gasteiger partial charge on any atom is -0.352 e. The van der Waals surface area contributed by atoms with Crippen molar-refractivity contribution in [1.29, 1.82) is 0 Å². The summed E-state index contributed by atoms with van der Waals surface area (Å²) in [5.41, 5.74) is 0.715. The summed E-state index contributed by atoms with van der Waals surface area (Å²) in [6.07, 6.45) is 4.89. The molecule has 0 radical (unpaired) electrons. The number of hydrogen-bond acceptors (Lipinski definition) is 4. The Morgan fingerprint density at radius 1 is 1.06 bits per heavy atom. The van der Waals surface area contributed by atoms with Crippen molar-refractivity contribution >= 4 is 46.8 Å². The predicted octanol–water partition coefficient (Wildman–Crippen LogP) is 3.58. The van der Waals surface area contributed by atoms with Crippen LogP contribution in [-0.4, -0.2) is 52.1 Å². The topological polar surface area (TPSA) is 86.8 Å². The van der Waals surface area contributed by atoms with Gasteiger partial charge in [0.1, 0.15) is 6.04 Å². The van der Waals surface area contributed by atoms with Crippen LogP contribution in [0.15, 0.2) is 30.4 Å². The number of carbonyl (C=O) groups is 4. The molecule has 7 nitrogen and oxygen atoms in total. The normalized spacial score (nSPS) is 20.7. The molecule has 0 bridgehead atoms. The quantitative estimate of drug-likeness (QED) is 0.442. The highest BCUT2D eigenvalue weighted by Crippen LogP contribution is 2.35. The van der Waals surface area contributed by atoms with Crippen LogP contribution in [0.4, 0.5) is 0 Å². The number of nitrogens with zero attached hydrogens (tertiary/aromatic N) is 2. The van der Waals surface area contributed by atoms with Gasteiger partial charge in [-0.2, -0.15) is 0 Å². The average Bonchev–Trinajstić information content (AvgIpc) is 3.02. The van der Waals surface area contributed by atoms with Gasteiger partial charge in [-0.3, -0.25) is 24.1 Å². The van der Waals surface area contributed by atoms with Gasteiger partial charge in [-0.1, -0.05) is 41.4 Å². The monoisotopic (exact) mass is 493 g/mol. The summed E-state index contributed by atoms with van der Waals surface area (Å²) in [6, 6.07) is 4.19. The summed E-state index contributed by atoms with van der Waals surface area (Å²) in [7, 11) is 0. The zero-order chi connectivity index (χ0) is 24.3. The first kappa shape index (κ1) is 25.2. The van der Waals surface area contributed by atoms with Crippen LogP contribution in [0.3, 0.4) is 0 Å². The molecule has 3 atom stereocenters. The fourth-order valence-electron chi connectivity index (χ4n) is 4.26. The lowest BCUT2D eigenvalue weighted by molar-refractivity contribution is -0.143. The number of rotatable bonds is 8. The van der Waals surface area contributed by atoms with Crippen LogP contribution >= 0.6 is 23.2 Å². The van der Waals surface area contributed by atoms with Gasteiger partial charge in [0.2, 0.25) is 23.6 Å². The average molecular weight is 494 g/mol. The van der Waals surface area contributed by atoms with E-state index in [1.165, 1.54) is 9.80 Å². The van der Waals surface area contributed by atoms with Gasteiger partial charge in [0, 0.05) is 25.6 Å². The zero-order valence-electron chi connectivity index (χ0n) is 19.0. The van der Waals surface area contributed by atoms with Gasteiger partial charge in [0.05, 0.1) is 21.9 Å². The van der Waals surface area contributed by atoms with Crippen molar-refractivity contribution in [3.8, 4) is 0 Å². The highest BCUT2D eigenvalue weighted by Gasteiger charge is 2.47. The fraction of sp³-hybridized carbons (Fsp3) is 0.500. The van der Waals surface area contributed by atoms with E-state index in [4.69, 9.17) is 23.2 Å². The Balaban J connectivity index is 1.74. The van der Waals surface area contributed by atoms with Crippen LogP contribution < -0.4 is 5.32 Å². The molecule has 1 aliphatic heterocycles. The second-order valence-electron chi connectivity index (χ2n) is 8.84.